The van der Waals surface area contributed by atoms with Gasteiger partial charge in [0.05, 0.1) is 23.2 Å². The Bertz CT molecular complexity index is 647. The molecule has 2 aromatic rings. The number of nitrogens with two attached hydrogens (primary N) is 1. The maximum absolute atomic E-state index is 8.81. The number of hydrogen-bond acceptors (Lipinski definition) is 4. The Morgan fingerprint density at radius 2 is 2.29 bits per heavy atom. The van der Waals surface area contributed by atoms with Crippen molar-refractivity contribution in [1.29, 1.82) is 5.26 Å². The molecule has 3 rings (SSSR count). The first-order valence-electron chi connectivity index (χ1n) is 5.30. The second kappa shape index (κ2) is 3.57. The SMILES string of the molecule is N#CC1CC1c1cnc2c(N)cc(Cl)nc2c1. The summed E-state index contributed by atoms with van der Waals surface area (Å²) in [7, 11) is 0. The minimum Gasteiger partial charge on any atom is -0.397 e. The molecule has 1 saturated carbocycles. The number of aromatic nitrogens is 2. The molecular formula is C12H9ClN4. The number of anilines is 1. The molecule has 2 unspecified atom stereocenters. The molecule has 0 aliphatic heterocycles. The van der Waals surface area contributed by atoms with Gasteiger partial charge < -0.3 is 5.73 Å². The molecule has 1 fully saturated rings. The van der Waals surface area contributed by atoms with Crippen molar-refractivity contribution in [2.75, 3.05) is 5.73 Å². The highest BCUT2D eigenvalue weighted by Gasteiger charge is 2.38. The Kier molecular flexibility index (Phi) is 2.17. The van der Waals surface area contributed by atoms with Gasteiger partial charge in [-0.15, -0.1) is 0 Å². The van der Waals surface area contributed by atoms with E-state index in [1.807, 2.05) is 6.07 Å². The van der Waals surface area contributed by atoms with Crippen LogP contribution in [-0.4, -0.2) is 9.97 Å². The number of hydrogen-bond donors (Lipinski definition) is 1. The third-order valence-electron chi connectivity index (χ3n) is 3.05. The molecule has 4 nitrogen and oxygen atoms in total. The van der Waals surface area contributed by atoms with Crippen molar-refractivity contribution in [2.24, 2.45) is 5.92 Å². The maximum Gasteiger partial charge on any atom is 0.131 e. The van der Waals surface area contributed by atoms with Crippen LogP contribution in [0.25, 0.3) is 11.0 Å². The van der Waals surface area contributed by atoms with E-state index in [9.17, 15) is 0 Å². The number of rotatable bonds is 1. The third-order valence-corrected chi connectivity index (χ3v) is 3.24. The van der Waals surface area contributed by atoms with Crippen molar-refractivity contribution < 1.29 is 0 Å². The lowest BCUT2D eigenvalue weighted by Gasteiger charge is -2.04. The van der Waals surface area contributed by atoms with Gasteiger partial charge in [-0.3, -0.25) is 4.98 Å². The van der Waals surface area contributed by atoms with Crippen LogP contribution < -0.4 is 5.73 Å². The monoisotopic (exact) mass is 244 g/mol. The Morgan fingerprint density at radius 3 is 3.00 bits per heavy atom. The lowest BCUT2D eigenvalue weighted by Crippen LogP contribution is -1.94. The molecule has 0 bridgehead atoms. The van der Waals surface area contributed by atoms with E-state index in [1.165, 1.54) is 0 Å². The minimum absolute atomic E-state index is 0.116. The predicted octanol–water partition coefficient (Wildman–Crippen LogP) is 2.49. The average molecular weight is 245 g/mol. The molecule has 84 valence electrons. The summed E-state index contributed by atoms with van der Waals surface area (Å²) in [6.45, 7) is 0. The summed E-state index contributed by atoms with van der Waals surface area (Å²) in [6.07, 6.45) is 2.68. The standard InChI is InChI=1S/C12H9ClN4/c13-11-3-9(15)12-10(17-11)2-7(5-16-12)8-1-6(8)4-14/h2-3,5-6,8H,1H2,(H2,15,17). The third kappa shape index (κ3) is 1.69. The lowest BCUT2D eigenvalue weighted by molar-refractivity contribution is 1.01. The van der Waals surface area contributed by atoms with E-state index in [2.05, 4.69) is 16.0 Å². The van der Waals surface area contributed by atoms with Crippen molar-refractivity contribution >= 4 is 28.3 Å². The molecule has 0 amide bonds. The highest BCUT2D eigenvalue weighted by atomic mass is 35.5. The van der Waals surface area contributed by atoms with E-state index in [1.54, 1.807) is 12.3 Å². The van der Waals surface area contributed by atoms with Gasteiger partial charge in [-0.25, -0.2) is 4.98 Å². The Balaban J connectivity index is 2.11. The number of halogens is 1. The highest BCUT2D eigenvalue weighted by Crippen LogP contribution is 2.47. The van der Waals surface area contributed by atoms with E-state index >= 15 is 0 Å². The van der Waals surface area contributed by atoms with Crippen LogP contribution in [0.2, 0.25) is 5.15 Å². The van der Waals surface area contributed by atoms with Crippen LogP contribution in [-0.2, 0) is 0 Å². The maximum atomic E-state index is 8.81. The van der Waals surface area contributed by atoms with Crippen LogP contribution in [0.1, 0.15) is 17.9 Å². The molecule has 1 aliphatic carbocycles. The van der Waals surface area contributed by atoms with Crippen LogP contribution in [0, 0.1) is 17.2 Å². The van der Waals surface area contributed by atoms with Gasteiger partial charge in [-0.05, 0) is 18.1 Å². The summed E-state index contributed by atoms with van der Waals surface area (Å²) in [6, 6.07) is 5.77. The molecule has 0 spiro atoms. The second-order valence-corrected chi connectivity index (χ2v) is 4.64. The molecule has 0 saturated heterocycles. The Labute approximate surface area is 103 Å². The van der Waals surface area contributed by atoms with Gasteiger partial charge in [-0.1, -0.05) is 11.6 Å². The fraction of sp³-hybridized carbons (Fsp3) is 0.250. The van der Waals surface area contributed by atoms with Crippen LogP contribution in [0.5, 0.6) is 0 Å². The van der Waals surface area contributed by atoms with Gasteiger partial charge in [0.25, 0.3) is 0 Å². The first-order chi connectivity index (χ1) is 8.19. The summed E-state index contributed by atoms with van der Waals surface area (Å²) in [5, 5.41) is 9.17. The van der Waals surface area contributed by atoms with Gasteiger partial charge in [0.1, 0.15) is 10.7 Å². The van der Waals surface area contributed by atoms with Crippen molar-refractivity contribution in [3.8, 4) is 6.07 Å². The van der Waals surface area contributed by atoms with E-state index in [0.717, 1.165) is 12.0 Å². The Hall–Kier alpha value is -1.86. The molecule has 0 aromatic carbocycles. The summed E-state index contributed by atoms with van der Waals surface area (Å²) in [4.78, 5) is 8.49. The van der Waals surface area contributed by atoms with Crippen molar-refractivity contribution in [2.45, 2.75) is 12.3 Å². The van der Waals surface area contributed by atoms with Gasteiger partial charge in [0, 0.05) is 18.2 Å². The quantitative estimate of drug-likeness (QED) is 0.782. The van der Waals surface area contributed by atoms with Crippen LogP contribution in [0.3, 0.4) is 0 Å². The second-order valence-electron chi connectivity index (χ2n) is 4.25. The van der Waals surface area contributed by atoms with Gasteiger partial charge >= 0.3 is 0 Å². The molecule has 5 heteroatoms. The van der Waals surface area contributed by atoms with Crippen LogP contribution in [0.15, 0.2) is 18.3 Å². The zero-order chi connectivity index (χ0) is 12.0. The predicted molar refractivity (Wildman–Crippen MR) is 65.4 cm³/mol. The van der Waals surface area contributed by atoms with Crippen LogP contribution >= 0.6 is 11.6 Å². The van der Waals surface area contributed by atoms with Gasteiger partial charge in [-0.2, -0.15) is 5.26 Å². The smallest absolute Gasteiger partial charge is 0.131 e. The first-order valence-corrected chi connectivity index (χ1v) is 5.68. The Morgan fingerprint density at radius 1 is 1.47 bits per heavy atom. The molecule has 17 heavy (non-hydrogen) atoms. The number of nitrogen functional groups attached to an aromatic ring is 1. The summed E-state index contributed by atoms with van der Waals surface area (Å²) < 4.78 is 0. The fourth-order valence-electron chi connectivity index (χ4n) is 2.03. The van der Waals surface area contributed by atoms with Gasteiger partial charge in [0.2, 0.25) is 0 Å². The number of pyridine rings is 2. The fourth-order valence-corrected chi connectivity index (χ4v) is 2.24. The van der Waals surface area contributed by atoms with E-state index in [4.69, 9.17) is 22.6 Å². The van der Waals surface area contributed by atoms with E-state index in [0.29, 0.717) is 27.8 Å². The number of nitriles is 1. The zero-order valence-corrected chi connectivity index (χ0v) is 9.65. The average Bonchev–Trinajstić information content (AvgIpc) is 3.07. The molecular weight excluding hydrogens is 236 g/mol. The van der Waals surface area contributed by atoms with Crippen molar-refractivity contribution in [3.63, 3.8) is 0 Å². The molecule has 2 N–H and O–H groups in total. The van der Waals surface area contributed by atoms with Crippen LogP contribution in [0.4, 0.5) is 5.69 Å². The van der Waals surface area contributed by atoms with E-state index < -0.39 is 0 Å². The van der Waals surface area contributed by atoms with Gasteiger partial charge in [0.15, 0.2) is 0 Å². The molecule has 0 radical (unpaired) electrons. The number of nitrogens with zero attached hydrogens (tertiary/aromatic N) is 3. The molecule has 2 atom stereocenters. The minimum atomic E-state index is 0.116. The topological polar surface area (TPSA) is 75.6 Å². The molecule has 2 aromatic heterocycles. The zero-order valence-electron chi connectivity index (χ0n) is 8.89. The summed E-state index contributed by atoms with van der Waals surface area (Å²) in [5.74, 6) is 0.407. The summed E-state index contributed by atoms with van der Waals surface area (Å²) >= 11 is 5.86. The molecule has 1 aliphatic rings. The van der Waals surface area contributed by atoms with E-state index in [-0.39, 0.29) is 5.92 Å². The van der Waals surface area contributed by atoms with Crippen molar-refractivity contribution in [3.05, 3.63) is 29.0 Å². The van der Waals surface area contributed by atoms with Crippen molar-refractivity contribution in [1.82, 2.24) is 9.97 Å². The molecule has 2 heterocycles. The highest BCUT2D eigenvalue weighted by molar-refractivity contribution is 6.30. The largest absolute Gasteiger partial charge is 0.397 e. The number of fused-ring (bicyclic) bond motifs is 1. The first kappa shape index (κ1) is 10.3. The normalized spacial score (nSPS) is 22.4. The summed E-state index contributed by atoms with van der Waals surface area (Å²) in [5.41, 5.74) is 8.73. The lowest BCUT2D eigenvalue weighted by atomic mass is 10.1.